The largest absolute Gasteiger partial charge is 0.619 e. The van der Waals surface area contributed by atoms with Gasteiger partial charge >= 0.3 is 5.97 Å². The first kappa shape index (κ1) is 16.0. The number of hydrogen-bond donors (Lipinski definition) is 0. The normalized spacial score (nSPS) is 15.1. The molecule has 0 bridgehead atoms. The standard InChI is InChI=1S/C18H18N2O4/c21-17(19-10-4-5-11-19)16(14-6-2-1-3-7-14)24-18(22)15-8-12-20(23)13-9-15/h1-3,6-9,12-13,16H,4-5,10-11H2/t16-/m0/s1. The SMILES string of the molecule is O=C(O[C@H](C(=O)N1CCCC1)c1ccccc1)c1cc[n+]([O-])cc1. The smallest absolute Gasteiger partial charge is 0.339 e. The summed E-state index contributed by atoms with van der Waals surface area (Å²) in [5.41, 5.74) is 0.870. The summed E-state index contributed by atoms with van der Waals surface area (Å²) in [5, 5.41) is 11.1. The predicted octanol–water partition coefficient (Wildman–Crippen LogP) is 1.84. The summed E-state index contributed by atoms with van der Waals surface area (Å²) < 4.78 is 6.08. The van der Waals surface area contributed by atoms with Crippen molar-refractivity contribution in [2.75, 3.05) is 13.1 Å². The van der Waals surface area contributed by atoms with Gasteiger partial charge in [0.15, 0.2) is 12.4 Å². The Hall–Kier alpha value is -2.89. The minimum absolute atomic E-state index is 0.207. The van der Waals surface area contributed by atoms with Crippen LogP contribution in [0.1, 0.15) is 34.9 Å². The quantitative estimate of drug-likeness (QED) is 0.488. The average molecular weight is 326 g/mol. The third-order valence-electron chi connectivity index (χ3n) is 4.01. The third kappa shape index (κ3) is 3.53. The molecule has 1 aliphatic heterocycles. The highest BCUT2D eigenvalue weighted by Crippen LogP contribution is 2.24. The van der Waals surface area contributed by atoms with Crippen LogP contribution in [0.4, 0.5) is 0 Å². The number of hydrogen-bond acceptors (Lipinski definition) is 4. The number of rotatable bonds is 4. The molecule has 3 rings (SSSR count). The molecule has 0 unspecified atom stereocenters. The summed E-state index contributed by atoms with van der Waals surface area (Å²) in [6.45, 7) is 1.36. The Morgan fingerprint density at radius 1 is 1.04 bits per heavy atom. The zero-order chi connectivity index (χ0) is 16.9. The maximum Gasteiger partial charge on any atom is 0.339 e. The van der Waals surface area contributed by atoms with Crippen molar-refractivity contribution in [2.24, 2.45) is 0 Å². The second-order valence-corrected chi connectivity index (χ2v) is 5.68. The lowest BCUT2D eigenvalue weighted by Gasteiger charge is -2.23. The van der Waals surface area contributed by atoms with Crippen molar-refractivity contribution in [1.29, 1.82) is 0 Å². The number of amides is 1. The maximum atomic E-state index is 12.8. The highest BCUT2D eigenvalue weighted by Gasteiger charge is 2.31. The Morgan fingerprint density at radius 3 is 2.29 bits per heavy atom. The molecule has 2 heterocycles. The molecule has 1 aromatic heterocycles. The van der Waals surface area contributed by atoms with Gasteiger partial charge in [0, 0.05) is 30.8 Å². The van der Waals surface area contributed by atoms with Crippen LogP contribution in [0.2, 0.25) is 0 Å². The molecule has 6 nitrogen and oxygen atoms in total. The fraction of sp³-hybridized carbons (Fsp3) is 0.278. The van der Waals surface area contributed by atoms with Crippen LogP contribution in [0, 0.1) is 5.21 Å². The van der Waals surface area contributed by atoms with Crippen LogP contribution in [0.5, 0.6) is 0 Å². The molecule has 1 amide bonds. The molecule has 124 valence electrons. The maximum absolute atomic E-state index is 12.8. The fourth-order valence-electron chi connectivity index (χ4n) is 2.72. The molecular weight excluding hydrogens is 308 g/mol. The molecule has 0 saturated carbocycles. The Balaban J connectivity index is 1.83. The number of pyridine rings is 1. The second-order valence-electron chi connectivity index (χ2n) is 5.68. The van der Waals surface area contributed by atoms with Gasteiger partial charge in [-0.2, -0.15) is 4.73 Å². The number of carbonyl (C=O) groups is 2. The first-order valence-electron chi connectivity index (χ1n) is 7.89. The molecular formula is C18H18N2O4. The molecule has 1 aliphatic rings. The molecule has 0 aliphatic carbocycles. The number of nitrogens with zero attached hydrogens (tertiary/aromatic N) is 2. The van der Waals surface area contributed by atoms with E-state index in [1.54, 1.807) is 29.2 Å². The Morgan fingerprint density at radius 2 is 1.67 bits per heavy atom. The second kappa shape index (κ2) is 7.12. The molecule has 6 heteroatoms. The van der Waals surface area contributed by atoms with Crippen molar-refractivity contribution in [3.05, 3.63) is 71.2 Å². The van der Waals surface area contributed by atoms with Gasteiger partial charge in [-0.3, -0.25) is 4.79 Å². The molecule has 0 N–H and O–H groups in total. The van der Waals surface area contributed by atoms with Crippen LogP contribution in [-0.4, -0.2) is 29.9 Å². The van der Waals surface area contributed by atoms with E-state index in [0.29, 0.717) is 23.4 Å². The molecule has 2 aromatic rings. The van der Waals surface area contributed by atoms with E-state index in [1.165, 1.54) is 24.5 Å². The zero-order valence-electron chi connectivity index (χ0n) is 13.1. The van der Waals surface area contributed by atoms with Crippen LogP contribution < -0.4 is 4.73 Å². The Labute approximate surface area is 139 Å². The van der Waals surface area contributed by atoms with Crippen molar-refractivity contribution >= 4 is 11.9 Å². The van der Waals surface area contributed by atoms with Crippen molar-refractivity contribution < 1.29 is 19.1 Å². The van der Waals surface area contributed by atoms with Gasteiger partial charge in [0.25, 0.3) is 5.91 Å². The van der Waals surface area contributed by atoms with Crippen LogP contribution in [0.3, 0.4) is 0 Å². The first-order chi connectivity index (χ1) is 11.6. The van der Waals surface area contributed by atoms with Gasteiger partial charge < -0.3 is 14.8 Å². The molecule has 0 spiro atoms. The summed E-state index contributed by atoms with van der Waals surface area (Å²) >= 11 is 0. The van der Waals surface area contributed by atoms with E-state index in [1.807, 2.05) is 6.07 Å². The molecule has 24 heavy (non-hydrogen) atoms. The number of esters is 1. The third-order valence-corrected chi connectivity index (χ3v) is 4.01. The van der Waals surface area contributed by atoms with Crippen LogP contribution in [0.25, 0.3) is 0 Å². The molecule has 1 aromatic carbocycles. The topological polar surface area (TPSA) is 73.6 Å². The van der Waals surface area contributed by atoms with Gasteiger partial charge in [-0.15, -0.1) is 0 Å². The lowest BCUT2D eigenvalue weighted by molar-refractivity contribution is -0.605. The summed E-state index contributed by atoms with van der Waals surface area (Å²) in [6.07, 6.45) is 3.39. The summed E-state index contributed by atoms with van der Waals surface area (Å²) in [7, 11) is 0. The zero-order valence-corrected chi connectivity index (χ0v) is 13.1. The Kier molecular flexibility index (Phi) is 4.74. The molecule has 1 fully saturated rings. The fourth-order valence-corrected chi connectivity index (χ4v) is 2.72. The van der Waals surface area contributed by atoms with Crippen LogP contribution >= 0.6 is 0 Å². The summed E-state index contributed by atoms with van der Waals surface area (Å²) in [5.74, 6) is -0.834. The number of aromatic nitrogens is 1. The summed E-state index contributed by atoms with van der Waals surface area (Å²) in [6, 6.07) is 11.7. The lowest BCUT2D eigenvalue weighted by Crippen LogP contribution is -2.35. The van der Waals surface area contributed by atoms with E-state index >= 15 is 0 Å². The van der Waals surface area contributed by atoms with Crippen molar-refractivity contribution in [2.45, 2.75) is 18.9 Å². The predicted molar refractivity (Wildman–Crippen MR) is 85.8 cm³/mol. The van der Waals surface area contributed by atoms with Crippen molar-refractivity contribution in [3.8, 4) is 0 Å². The van der Waals surface area contributed by atoms with E-state index in [-0.39, 0.29) is 11.5 Å². The van der Waals surface area contributed by atoms with Gasteiger partial charge in [0.05, 0.1) is 5.56 Å². The van der Waals surface area contributed by atoms with Crippen LogP contribution in [0.15, 0.2) is 54.9 Å². The highest BCUT2D eigenvalue weighted by atomic mass is 16.5. The summed E-state index contributed by atoms with van der Waals surface area (Å²) in [4.78, 5) is 26.8. The van der Waals surface area contributed by atoms with Gasteiger partial charge in [0.2, 0.25) is 6.10 Å². The van der Waals surface area contributed by atoms with Gasteiger partial charge in [0.1, 0.15) is 0 Å². The van der Waals surface area contributed by atoms with Gasteiger partial charge in [-0.25, -0.2) is 4.79 Å². The molecule has 1 atom stereocenters. The van der Waals surface area contributed by atoms with E-state index in [0.717, 1.165) is 12.8 Å². The van der Waals surface area contributed by atoms with Crippen molar-refractivity contribution in [3.63, 3.8) is 0 Å². The van der Waals surface area contributed by atoms with E-state index in [4.69, 9.17) is 4.74 Å². The van der Waals surface area contributed by atoms with Gasteiger partial charge in [-0.05, 0) is 12.8 Å². The number of carbonyl (C=O) groups excluding carboxylic acids is 2. The molecule has 0 radical (unpaired) electrons. The minimum atomic E-state index is -0.976. The first-order valence-corrected chi connectivity index (χ1v) is 7.89. The minimum Gasteiger partial charge on any atom is -0.619 e. The number of likely N-dealkylation sites (tertiary alicyclic amines) is 1. The highest BCUT2D eigenvalue weighted by molar-refractivity contribution is 5.92. The number of ether oxygens (including phenoxy) is 1. The van der Waals surface area contributed by atoms with E-state index in [9.17, 15) is 14.8 Å². The van der Waals surface area contributed by atoms with Crippen molar-refractivity contribution in [1.82, 2.24) is 4.90 Å². The lowest BCUT2D eigenvalue weighted by atomic mass is 10.1. The molecule has 1 saturated heterocycles. The van der Waals surface area contributed by atoms with E-state index < -0.39 is 12.1 Å². The average Bonchev–Trinajstić information content (AvgIpc) is 3.15. The van der Waals surface area contributed by atoms with E-state index in [2.05, 4.69) is 0 Å². The number of benzene rings is 1. The van der Waals surface area contributed by atoms with Gasteiger partial charge in [-0.1, -0.05) is 30.3 Å². The van der Waals surface area contributed by atoms with Crippen LogP contribution in [-0.2, 0) is 9.53 Å². The monoisotopic (exact) mass is 326 g/mol. The Bertz CT molecular complexity index is 710.